The van der Waals surface area contributed by atoms with Gasteiger partial charge in [0.15, 0.2) is 0 Å². The van der Waals surface area contributed by atoms with Crippen LogP contribution < -0.4 is 0 Å². The van der Waals surface area contributed by atoms with Crippen molar-refractivity contribution in [3.8, 4) is 0 Å². The molecule has 0 bridgehead atoms. The van der Waals surface area contributed by atoms with E-state index in [9.17, 15) is 4.79 Å². The van der Waals surface area contributed by atoms with Crippen LogP contribution in [0.2, 0.25) is 0 Å². The van der Waals surface area contributed by atoms with Gasteiger partial charge in [0.05, 0.1) is 0 Å². The van der Waals surface area contributed by atoms with Crippen LogP contribution in [-0.4, -0.2) is 5.78 Å². The van der Waals surface area contributed by atoms with E-state index in [1.54, 1.807) is 0 Å². The van der Waals surface area contributed by atoms with Gasteiger partial charge in [-0.25, -0.2) is 0 Å². The number of carbonyl (C=O) groups excluding carboxylic acids is 1. The Kier molecular flexibility index (Phi) is 6.78. The van der Waals surface area contributed by atoms with E-state index in [1.165, 1.54) is 16.7 Å². The molecule has 2 aromatic carbocycles. The zero-order valence-corrected chi connectivity index (χ0v) is 15.5. The van der Waals surface area contributed by atoms with E-state index >= 15 is 0 Å². The molecule has 1 nitrogen and oxygen atoms in total. The van der Waals surface area contributed by atoms with Gasteiger partial charge in [-0.1, -0.05) is 76.2 Å². The highest BCUT2D eigenvalue weighted by atomic mass is 16.1. The molecular weight excluding hydrogens is 292 g/mol. The predicted molar refractivity (Wildman–Crippen MR) is 103 cm³/mol. The highest BCUT2D eigenvalue weighted by Gasteiger charge is 2.14. The largest absolute Gasteiger partial charge is 0.299 e. The quantitative estimate of drug-likeness (QED) is 0.576. The van der Waals surface area contributed by atoms with Gasteiger partial charge >= 0.3 is 0 Å². The minimum absolute atomic E-state index is 0.280. The van der Waals surface area contributed by atoms with Crippen LogP contribution in [0.25, 0.3) is 0 Å². The first-order valence-corrected chi connectivity index (χ1v) is 9.23. The molecule has 24 heavy (non-hydrogen) atoms. The fourth-order valence-electron chi connectivity index (χ4n) is 3.30. The molecular formula is C23H30O. The molecule has 1 heteroatoms. The lowest BCUT2D eigenvalue weighted by Crippen LogP contribution is -2.08. The van der Waals surface area contributed by atoms with Gasteiger partial charge in [0.2, 0.25) is 0 Å². The second-order valence-corrected chi connectivity index (χ2v) is 6.93. The van der Waals surface area contributed by atoms with E-state index in [0.29, 0.717) is 24.5 Å². The molecule has 0 radical (unpaired) electrons. The highest BCUT2D eigenvalue weighted by molar-refractivity contribution is 5.81. The predicted octanol–water partition coefficient (Wildman–Crippen LogP) is 6.07. The molecule has 0 fully saturated rings. The molecule has 2 rings (SSSR count). The summed E-state index contributed by atoms with van der Waals surface area (Å²) in [6.07, 6.45) is 3.34. The van der Waals surface area contributed by atoms with Crippen LogP contribution in [0, 0.1) is 0 Å². The molecule has 0 saturated heterocycles. The summed E-state index contributed by atoms with van der Waals surface area (Å²) in [5, 5.41) is 0. The fraction of sp³-hybridized carbons (Fsp3) is 0.435. The highest BCUT2D eigenvalue weighted by Crippen LogP contribution is 2.26. The van der Waals surface area contributed by atoms with Crippen molar-refractivity contribution in [1.29, 1.82) is 0 Å². The van der Waals surface area contributed by atoms with Crippen molar-refractivity contribution in [3.05, 3.63) is 70.8 Å². The number of hydrogen-bond donors (Lipinski definition) is 0. The maximum atomic E-state index is 12.5. The molecule has 0 aliphatic heterocycles. The minimum atomic E-state index is 0.280. The average molecular weight is 322 g/mol. The maximum absolute atomic E-state index is 12.5. The molecule has 2 atom stereocenters. The third kappa shape index (κ3) is 4.80. The standard InChI is InChI=1S/C23H30O/c1-5-17(3)23-16-19(12-13-20(23)6-2)15-22(24)14-18(4)21-10-8-7-9-11-21/h7-13,16-18H,5-6,14-15H2,1-4H3. The van der Waals surface area contributed by atoms with Gasteiger partial charge in [0.1, 0.15) is 5.78 Å². The van der Waals surface area contributed by atoms with E-state index in [1.807, 2.05) is 18.2 Å². The Morgan fingerprint density at radius 1 is 0.958 bits per heavy atom. The second-order valence-electron chi connectivity index (χ2n) is 6.93. The van der Waals surface area contributed by atoms with Crippen molar-refractivity contribution in [2.75, 3.05) is 0 Å². The lowest BCUT2D eigenvalue weighted by molar-refractivity contribution is -0.118. The number of ketones is 1. The van der Waals surface area contributed by atoms with Gasteiger partial charge in [0, 0.05) is 12.8 Å². The first kappa shape index (κ1) is 18.4. The Morgan fingerprint density at radius 3 is 2.29 bits per heavy atom. The van der Waals surface area contributed by atoms with Crippen LogP contribution in [0.15, 0.2) is 48.5 Å². The topological polar surface area (TPSA) is 17.1 Å². The molecule has 0 aromatic heterocycles. The minimum Gasteiger partial charge on any atom is -0.299 e. The van der Waals surface area contributed by atoms with Gasteiger partial charge in [-0.3, -0.25) is 4.79 Å². The molecule has 2 unspecified atom stereocenters. The fourth-order valence-corrected chi connectivity index (χ4v) is 3.30. The van der Waals surface area contributed by atoms with Crippen LogP contribution in [0.5, 0.6) is 0 Å². The van der Waals surface area contributed by atoms with Gasteiger partial charge in [-0.2, -0.15) is 0 Å². The smallest absolute Gasteiger partial charge is 0.137 e. The zero-order chi connectivity index (χ0) is 17.5. The summed E-state index contributed by atoms with van der Waals surface area (Å²) in [5.41, 5.74) is 5.24. The molecule has 0 amide bonds. The Labute approximate surface area is 147 Å². The summed E-state index contributed by atoms with van der Waals surface area (Å²) in [6.45, 7) is 8.84. The van der Waals surface area contributed by atoms with Crippen molar-refractivity contribution in [1.82, 2.24) is 0 Å². The third-order valence-corrected chi connectivity index (χ3v) is 5.04. The summed E-state index contributed by atoms with van der Waals surface area (Å²) >= 11 is 0. The Balaban J connectivity index is 2.06. The lowest BCUT2D eigenvalue weighted by Gasteiger charge is -2.16. The van der Waals surface area contributed by atoms with E-state index in [4.69, 9.17) is 0 Å². The number of rotatable bonds is 8. The van der Waals surface area contributed by atoms with Gasteiger partial charge < -0.3 is 0 Å². The molecule has 0 aliphatic rings. The summed E-state index contributed by atoms with van der Waals surface area (Å²) in [4.78, 5) is 12.5. The van der Waals surface area contributed by atoms with E-state index in [2.05, 4.69) is 58.0 Å². The van der Waals surface area contributed by atoms with Crippen LogP contribution in [-0.2, 0) is 17.6 Å². The van der Waals surface area contributed by atoms with Crippen molar-refractivity contribution in [2.24, 2.45) is 0 Å². The zero-order valence-electron chi connectivity index (χ0n) is 15.5. The van der Waals surface area contributed by atoms with Crippen LogP contribution >= 0.6 is 0 Å². The number of carbonyl (C=O) groups is 1. The molecule has 0 spiro atoms. The Bertz CT molecular complexity index is 657. The SMILES string of the molecule is CCc1ccc(CC(=O)CC(C)c2ccccc2)cc1C(C)CC. The molecule has 0 saturated carbocycles. The van der Waals surface area contributed by atoms with Crippen molar-refractivity contribution < 1.29 is 4.79 Å². The Hall–Kier alpha value is -1.89. The monoisotopic (exact) mass is 322 g/mol. The average Bonchev–Trinajstić information content (AvgIpc) is 2.61. The van der Waals surface area contributed by atoms with E-state index in [0.717, 1.165) is 18.4 Å². The van der Waals surface area contributed by atoms with Gasteiger partial charge in [-0.05, 0) is 46.9 Å². The molecule has 128 valence electrons. The summed E-state index contributed by atoms with van der Waals surface area (Å²) < 4.78 is 0. The van der Waals surface area contributed by atoms with E-state index in [-0.39, 0.29) is 5.92 Å². The number of Topliss-reactive ketones (excluding diaryl/α,β-unsaturated/α-hetero) is 1. The van der Waals surface area contributed by atoms with Gasteiger partial charge in [0.25, 0.3) is 0 Å². The summed E-state index contributed by atoms with van der Waals surface area (Å²) in [5.74, 6) is 1.16. The molecule has 2 aromatic rings. The van der Waals surface area contributed by atoms with Crippen LogP contribution in [0.1, 0.15) is 74.6 Å². The van der Waals surface area contributed by atoms with Crippen molar-refractivity contribution >= 4 is 5.78 Å². The third-order valence-electron chi connectivity index (χ3n) is 5.04. The molecule has 0 N–H and O–H groups in total. The lowest BCUT2D eigenvalue weighted by atomic mass is 9.89. The summed E-state index contributed by atoms with van der Waals surface area (Å²) in [7, 11) is 0. The maximum Gasteiger partial charge on any atom is 0.137 e. The first-order chi connectivity index (χ1) is 11.5. The Morgan fingerprint density at radius 2 is 1.67 bits per heavy atom. The number of aryl methyl sites for hydroxylation is 1. The molecule has 0 heterocycles. The van der Waals surface area contributed by atoms with Crippen molar-refractivity contribution in [3.63, 3.8) is 0 Å². The van der Waals surface area contributed by atoms with E-state index < -0.39 is 0 Å². The molecule has 0 aliphatic carbocycles. The second kappa shape index (κ2) is 8.82. The van der Waals surface area contributed by atoms with Crippen LogP contribution in [0.4, 0.5) is 0 Å². The normalized spacial score (nSPS) is 13.5. The van der Waals surface area contributed by atoms with Crippen LogP contribution in [0.3, 0.4) is 0 Å². The van der Waals surface area contributed by atoms with Crippen molar-refractivity contribution in [2.45, 2.75) is 65.2 Å². The van der Waals surface area contributed by atoms with Gasteiger partial charge in [-0.15, -0.1) is 0 Å². The number of benzene rings is 2. The first-order valence-electron chi connectivity index (χ1n) is 9.23. The number of hydrogen-bond acceptors (Lipinski definition) is 1. The summed E-state index contributed by atoms with van der Waals surface area (Å²) in [6, 6.07) is 16.9.